The van der Waals surface area contributed by atoms with Crippen LogP contribution in [0.25, 0.3) is 0 Å². The molecule has 1 aliphatic heterocycles. The fraction of sp³-hybridized carbons (Fsp3) is 0.833. The van der Waals surface area contributed by atoms with Crippen molar-refractivity contribution in [3.05, 3.63) is 0 Å². The van der Waals surface area contributed by atoms with Gasteiger partial charge in [0.25, 0.3) is 0 Å². The van der Waals surface area contributed by atoms with Gasteiger partial charge in [0, 0.05) is 25.9 Å². The molecular weight excluding hydrogens is 222 g/mol. The highest BCUT2D eigenvalue weighted by Crippen LogP contribution is 2.13. The lowest BCUT2D eigenvalue weighted by Gasteiger charge is -2.35. The lowest BCUT2D eigenvalue weighted by atomic mass is 10.1. The summed E-state index contributed by atoms with van der Waals surface area (Å²) in [6.45, 7) is 5.20. The maximum Gasteiger partial charge on any atom is 0.303 e. The molecule has 5 nitrogen and oxygen atoms in total. The summed E-state index contributed by atoms with van der Waals surface area (Å²) in [5, 5.41) is 8.49. The van der Waals surface area contributed by atoms with Crippen molar-refractivity contribution in [2.45, 2.75) is 51.7 Å². The third kappa shape index (κ3) is 5.17. The summed E-state index contributed by atoms with van der Waals surface area (Å²) in [4.78, 5) is 24.0. The normalized spacial score (nSPS) is 24.7. The second-order valence-electron chi connectivity index (χ2n) is 4.66. The van der Waals surface area contributed by atoms with Crippen molar-refractivity contribution in [3.8, 4) is 0 Å². The molecule has 1 saturated heterocycles. The van der Waals surface area contributed by atoms with Gasteiger partial charge in [-0.1, -0.05) is 0 Å². The van der Waals surface area contributed by atoms with Gasteiger partial charge >= 0.3 is 5.97 Å². The summed E-state index contributed by atoms with van der Waals surface area (Å²) in [5.41, 5.74) is 0. The Morgan fingerprint density at radius 3 is 2.24 bits per heavy atom. The standard InChI is InChI=1S/C12H21NO4/c1-9-7-13(8-10(2)17-9)11(14)5-3-4-6-12(15)16/h9-10H,3-8H2,1-2H3,(H,15,16). The Kier molecular flexibility index (Phi) is 5.41. The van der Waals surface area contributed by atoms with Crippen molar-refractivity contribution >= 4 is 11.9 Å². The van der Waals surface area contributed by atoms with E-state index in [1.165, 1.54) is 0 Å². The Morgan fingerprint density at radius 2 is 1.71 bits per heavy atom. The first kappa shape index (κ1) is 14.0. The molecule has 0 aromatic heterocycles. The van der Waals surface area contributed by atoms with E-state index < -0.39 is 5.97 Å². The quantitative estimate of drug-likeness (QED) is 0.738. The van der Waals surface area contributed by atoms with Gasteiger partial charge < -0.3 is 14.7 Å². The number of amides is 1. The predicted molar refractivity (Wildman–Crippen MR) is 62.7 cm³/mol. The van der Waals surface area contributed by atoms with Crippen molar-refractivity contribution < 1.29 is 19.4 Å². The van der Waals surface area contributed by atoms with Crippen LogP contribution in [-0.2, 0) is 14.3 Å². The molecule has 5 heteroatoms. The minimum atomic E-state index is -0.800. The molecular formula is C12H21NO4. The molecule has 1 amide bonds. The van der Waals surface area contributed by atoms with Gasteiger partial charge in [0.2, 0.25) is 5.91 Å². The Bertz CT molecular complexity index is 270. The Labute approximate surface area is 102 Å². The highest BCUT2D eigenvalue weighted by atomic mass is 16.5. The average Bonchev–Trinajstić information content (AvgIpc) is 2.22. The molecule has 0 saturated carbocycles. The maximum atomic E-state index is 11.9. The topological polar surface area (TPSA) is 66.8 Å². The zero-order valence-electron chi connectivity index (χ0n) is 10.5. The number of carboxylic acids is 1. The molecule has 2 atom stereocenters. The van der Waals surface area contributed by atoms with Gasteiger partial charge in [-0.05, 0) is 26.7 Å². The number of carbonyl (C=O) groups is 2. The van der Waals surface area contributed by atoms with Crippen LogP contribution in [0, 0.1) is 0 Å². The van der Waals surface area contributed by atoms with E-state index in [-0.39, 0.29) is 24.5 Å². The summed E-state index contributed by atoms with van der Waals surface area (Å²) < 4.78 is 5.55. The molecule has 2 unspecified atom stereocenters. The van der Waals surface area contributed by atoms with Crippen molar-refractivity contribution in [2.75, 3.05) is 13.1 Å². The SMILES string of the molecule is CC1CN(C(=O)CCCCC(=O)O)CC(C)O1. The van der Waals surface area contributed by atoms with Gasteiger partial charge in [-0.3, -0.25) is 9.59 Å². The van der Waals surface area contributed by atoms with Crippen LogP contribution >= 0.6 is 0 Å². The number of rotatable bonds is 5. The molecule has 0 spiro atoms. The summed E-state index contributed by atoms with van der Waals surface area (Å²) in [6, 6.07) is 0. The summed E-state index contributed by atoms with van der Waals surface area (Å²) >= 11 is 0. The zero-order chi connectivity index (χ0) is 12.8. The first-order valence-electron chi connectivity index (χ1n) is 6.14. The summed E-state index contributed by atoms with van der Waals surface area (Å²) in [5.74, 6) is -0.691. The molecule has 0 aliphatic carbocycles. The smallest absolute Gasteiger partial charge is 0.303 e. The van der Waals surface area contributed by atoms with Crippen molar-refractivity contribution in [2.24, 2.45) is 0 Å². The molecule has 0 aromatic carbocycles. The molecule has 98 valence electrons. The molecule has 0 radical (unpaired) electrons. The van der Waals surface area contributed by atoms with E-state index in [2.05, 4.69) is 0 Å². The second kappa shape index (κ2) is 6.59. The average molecular weight is 243 g/mol. The van der Waals surface area contributed by atoms with Crippen molar-refractivity contribution in [3.63, 3.8) is 0 Å². The monoisotopic (exact) mass is 243 g/mol. The van der Waals surface area contributed by atoms with Crippen LogP contribution in [0.3, 0.4) is 0 Å². The van der Waals surface area contributed by atoms with Crippen LogP contribution in [0.2, 0.25) is 0 Å². The number of ether oxygens (including phenoxy) is 1. The van der Waals surface area contributed by atoms with Crippen LogP contribution in [0.1, 0.15) is 39.5 Å². The van der Waals surface area contributed by atoms with E-state index >= 15 is 0 Å². The van der Waals surface area contributed by atoms with E-state index in [9.17, 15) is 9.59 Å². The lowest BCUT2D eigenvalue weighted by molar-refractivity contribution is -0.143. The van der Waals surface area contributed by atoms with Crippen molar-refractivity contribution in [1.29, 1.82) is 0 Å². The van der Waals surface area contributed by atoms with E-state index in [0.29, 0.717) is 32.4 Å². The van der Waals surface area contributed by atoms with Gasteiger partial charge in [0.05, 0.1) is 12.2 Å². The molecule has 1 heterocycles. The first-order valence-corrected chi connectivity index (χ1v) is 6.14. The van der Waals surface area contributed by atoms with Gasteiger partial charge in [0.15, 0.2) is 0 Å². The molecule has 17 heavy (non-hydrogen) atoms. The molecule has 1 fully saturated rings. The number of aliphatic carboxylic acids is 1. The molecule has 1 aliphatic rings. The maximum absolute atomic E-state index is 11.9. The summed E-state index contributed by atoms with van der Waals surface area (Å²) in [6.07, 6.45) is 1.96. The van der Waals surface area contributed by atoms with Gasteiger partial charge in [-0.25, -0.2) is 0 Å². The highest BCUT2D eigenvalue weighted by Gasteiger charge is 2.25. The van der Waals surface area contributed by atoms with Crippen LogP contribution in [0.5, 0.6) is 0 Å². The van der Waals surface area contributed by atoms with Crippen LogP contribution in [0.4, 0.5) is 0 Å². The van der Waals surface area contributed by atoms with E-state index in [1.54, 1.807) is 0 Å². The largest absolute Gasteiger partial charge is 0.481 e. The van der Waals surface area contributed by atoms with Crippen LogP contribution < -0.4 is 0 Å². The first-order chi connectivity index (χ1) is 7.99. The van der Waals surface area contributed by atoms with E-state index in [4.69, 9.17) is 9.84 Å². The molecule has 0 aromatic rings. The van der Waals surface area contributed by atoms with E-state index in [1.807, 2.05) is 18.7 Å². The number of nitrogens with zero attached hydrogens (tertiary/aromatic N) is 1. The highest BCUT2D eigenvalue weighted by molar-refractivity contribution is 5.76. The second-order valence-corrected chi connectivity index (χ2v) is 4.66. The Hall–Kier alpha value is -1.10. The predicted octanol–water partition coefficient (Wildman–Crippen LogP) is 1.27. The van der Waals surface area contributed by atoms with Gasteiger partial charge in [0.1, 0.15) is 0 Å². The van der Waals surface area contributed by atoms with Crippen LogP contribution in [0.15, 0.2) is 0 Å². The fourth-order valence-corrected chi connectivity index (χ4v) is 2.09. The number of morpholine rings is 1. The van der Waals surface area contributed by atoms with Crippen molar-refractivity contribution in [1.82, 2.24) is 4.90 Å². The zero-order valence-corrected chi connectivity index (χ0v) is 10.5. The fourth-order valence-electron chi connectivity index (χ4n) is 2.09. The molecule has 1 N–H and O–H groups in total. The minimum absolute atomic E-state index is 0.0849. The van der Waals surface area contributed by atoms with Gasteiger partial charge in [-0.15, -0.1) is 0 Å². The summed E-state index contributed by atoms with van der Waals surface area (Å²) in [7, 11) is 0. The number of unbranched alkanes of at least 4 members (excludes halogenated alkanes) is 1. The minimum Gasteiger partial charge on any atom is -0.481 e. The number of hydrogen-bond acceptors (Lipinski definition) is 3. The lowest BCUT2D eigenvalue weighted by Crippen LogP contribution is -2.48. The Morgan fingerprint density at radius 1 is 1.18 bits per heavy atom. The molecule has 1 rings (SSSR count). The third-order valence-electron chi connectivity index (χ3n) is 2.80. The number of hydrogen-bond donors (Lipinski definition) is 1. The van der Waals surface area contributed by atoms with Crippen LogP contribution in [-0.4, -0.2) is 47.2 Å². The Balaban J connectivity index is 2.24. The molecule has 0 bridgehead atoms. The van der Waals surface area contributed by atoms with E-state index in [0.717, 1.165) is 0 Å². The number of carbonyl (C=O) groups excluding carboxylic acids is 1. The van der Waals surface area contributed by atoms with Gasteiger partial charge in [-0.2, -0.15) is 0 Å². The number of carboxylic acid groups (broad SMARTS) is 1. The third-order valence-corrected chi connectivity index (χ3v) is 2.80.